The van der Waals surface area contributed by atoms with E-state index in [1.54, 1.807) is 12.1 Å². The lowest BCUT2D eigenvalue weighted by atomic mass is 10.2. The summed E-state index contributed by atoms with van der Waals surface area (Å²) in [6, 6.07) is 13.9. The number of nitrogens with one attached hydrogen (secondary N) is 1. The van der Waals surface area contributed by atoms with Crippen molar-refractivity contribution >= 4 is 23.6 Å². The van der Waals surface area contributed by atoms with Gasteiger partial charge in [-0.25, -0.2) is 4.39 Å². The van der Waals surface area contributed by atoms with Crippen LogP contribution >= 0.6 is 11.8 Å². The Morgan fingerprint density at radius 1 is 1.08 bits per heavy atom. The maximum atomic E-state index is 12.9. The average Bonchev–Trinajstić information content (AvgIpc) is 2.65. The first-order chi connectivity index (χ1) is 12.5. The molecule has 2 amide bonds. The molecule has 26 heavy (non-hydrogen) atoms. The van der Waals surface area contributed by atoms with Gasteiger partial charge in [-0.1, -0.05) is 29.8 Å². The average molecular weight is 374 g/mol. The molecule has 4 nitrogen and oxygen atoms in total. The van der Waals surface area contributed by atoms with Crippen LogP contribution in [0.1, 0.15) is 18.1 Å². The van der Waals surface area contributed by atoms with Crippen LogP contribution in [-0.2, 0) is 16.1 Å². The minimum atomic E-state index is -0.311. The monoisotopic (exact) mass is 374 g/mol. The zero-order valence-electron chi connectivity index (χ0n) is 15.0. The maximum absolute atomic E-state index is 12.9. The minimum absolute atomic E-state index is 0.0188. The molecule has 138 valence electrons. The first-order valence-electron chi connectivity index (χ1n) is 8.46. The van der Waals surface area contributed by atoms with Crippen LogP contribution in [0.25, 0.3) is 0 Å². The Morgan fingerprint density at radius 2 is 1.73 bits per heavy atom. The highest BCUT2D eigenvalue weighted by molar-refractivity contribution is 8.00. The largest absolute Gasteiger partial charge is 0.350 e. The van der Waals surface area contributed by atoms with Gasteiger partial charge in [0.2, 0.25) is 11.8 Å². The molecule has 2 aromatic carbocycles. The zero-order chi connectivity index (χ0) is 18.9. The van der Waals surface area contributed by atoms with E-state index in [4.69, 9.17) is 0 Å². The molecule has 0 saturated heterocycles. The number of hydrogen-bond acceptors (Lipinski definition) is 3. The van der Waals surface area contributed by atoms with E-state index in [2.05, 4.69) is 5.32 Å². The van der Waals surface area contributed by atoms with E-state index in [1.165, 1.54) is 34.4 Å². The summed E-state index contributed by atoms with van der Waals surface area (Å²) in [5, 5.41) is 2.76. The second-order valence-electron chi connectivity index (χ2n) is 5.91. The second-order valence-corrected chi connectivity index (χ2v) is 6.96. The van der Waals surface area contributed by atoms with Gasteiger partial charge in [0.15, 0.2) is 0 Å². The van der Waals surface area contributed by atoms with Crippen LogP contribution < -0.4 is 5.32 Å². The molecule has 0 heterocycles. The summed E-state index contributed by atoms with van der Waals surface area (Å²) in [6.07, 6.45) is 0. The molecule has 0 spiro atoms. The molecule has 0 fully saturated rings. The Labute approximate surface area is 157 Å². The van der Waals surface area contributed by atoms with Crippen molar-refractivity contribution in [2.75, 3.05) is 18.8 Å². The topological polar surface area (TPSA) is 49.4 Å². The van der Waals surface area contributed by atoms with Crippen molar-refractivity contribution in [2.45, 2.75) is 25.3 Å². The van der Waals surface area contributed by atoms with Crippen LogP contribution in [0.3, 0.4) is 0 Å². The summed E-state index contributed by atoms with van der Waals surface area (Å²) >= 11 is 1.46. The molecule has 0 saturated carbocycles. The molecule has 0 bridgehead atoms. The van der Waals surface area contributed by atoms with E-state index in [0.717, 1.165) is 10.5 Å². The third-order valence-corrected chi connectivity index (χ3v) is 4.85. The SMILES string of the molecule is CCN(CC(=O)NCc1ccc(F)cc1)C(=O)CSc1ccc(C)cc1. The van der Waals surface area contributed by atoms with Crippen LogP contribution in [-0.4, -0.2) is 35.6 Å². The zero-order valence-corrected chi connectivity index (χ0v) is 15.8. The Hall–Kier alpha value is -2.34. The fraction of sp³-hybridized carbons (Fsp3) is 0.300. The van der Waals surface area contributed by atoms with Gasteiger partial charge in [-0.15, -0.1) is 11.8 Å². The summed E-state index contributed by atoms with van der Waals surface area (Å²) in [4.78, 5) is 27.0. The van der Waals surface area contributed by atoms with Gasteiger partial charge < -0.3 is 10.2 Å². The smallest absolute Gasteiger partial charge is 0.239 e. The summed E-state index contributed by atoms with van der Waals surface area (Å²) < 4.78 is 12.9. The Kier molecular flexibility index (Phi) is 7.66. The molecule has 0 atom stereocenters. The summed E-state index contributed by atoms with van der Waals surface area (Å²) in [6.45, 7) is 4.66. The van der Waals surface area contributed by atoms with Crippen molar-refractivity contribution < 1.29 is 14.0 Å². The fourth-order valence-corrected chi connectivity index (χ4v) is 3.08. The lowest BCUT2D eigenvalue weighted by Gasteiger charge is -2.20. The number of amides is 2. The van der Waals surface area contributed by atoms with Crippen LogP contribution in [0.4, 0.5) is 4.39 Å². The molecule has 2 aromatic rings. The molecule has 0 aliphatic rings. The molecular weight excluding hydrogens is 351 g/mol. The highest BCUT2D eigenvalue weighted by Crippen LogP contribution is 2.18. The number of nitrogens with zero attached hydrogens (tertiary/aromatic N) is 1. The molecule has 0 unspecified atom stereocenters. The number of aryl methyl sites for hydroxylation is 1. The van der Waals surface area contributed by atoms with Gasteiger partial charge in [0, 0.05) is 18.0 Å². The van der Waals surface area contributed by atoms with Gasteiger partial charge in [-0.2, -0.15) is 0 Å². The second kappa shape index (κ2) is 9.97. The van der Waals surface area contributed by atoms with Gasteiger partial charge in [-0.3, -0.25) is 9.59 Å². The van der Waals surface area contributed by atoms with Crippen molar-refractivity contribution in [1.29, 1.82) is 0 Å². The van der Waals surface area contributed by atoms with Gasteiger partial charge in [0.1, 0.15) is 5.82 Å². The van der Waals surface area contributed by atoms with Crippen molar-refractivity contribution in [1.82, 2.24) is 10.2 Å². The van der Waals surface area contributed by atoms with Crippen molar-refractivity contribution in [3.05, 3.63) is 65.5 Å². The van der Waals surface area contributed by atoms with Gasteiger partial charge in [-0.05, 0) is 43.7 Å². The van der Waals surface area contributed by atoms with Crippen LogP contribution in [0, 0.1) is 12.7 Å². The number of halogens is 1. The van der Waals surface area contributed by atoms with E-state index >= 15 is 0 Å². The molecule has 0 aromatic heterocycles. The number of carbonyl (C=O) groups is 2. The first-order valence-corrected chi connectivity index (χ1v) is 9.45. The van der Waals surface area contributed by atoms with E-state index in [-0.39, 0.29) is 24.2 Å². The number of thioether (sulfide) groups is 1. The van der Waals surface area contributed by atoms with Gasteiger partial charge >= 0.3 is 0 Å². The number of rotatable bonds is 8. The lowest BCUT2D eigenvalue weighted by molar-refractivity contribution is -0.133. The molecule has 0 aliphatic carbocycles. The maximum Gasteiger partial charge on any atom is 0.239 e. The Morgan fingerprint density at radius 3 is 2.35 bits per heavy atom. The van der Waals surface area contributed by atoms with Crippen molar-refractivity contribution in [3.8, 4) is 0 Å². The highest BCUT2D eigenvalue weighted by atomic mass is 32.2. The van der Waals surface area contributed by atoms with Gasteiger partial charge in [0.05, 0.1) is 12.3 Å². The summed E-state index contributed by atoms with van der Waals surface area (Å²) in [5.74, 6) is -0.323. The summed E-state index contributed by atoms with van der Waals surface area (Å²) in [5.41, 5.74) is 1.98. The third-order valence-electron chi connectivity index (χ3n) is 3.86. The van der Waals surface area contributed by atoms with Crippen molar-refractivity contribution in [3.63, 3.8) is 0 Å². The van der Waals surface area contributed by atoms with Crippen molar-refractivity contribution in [2.24, 2.45) is 0 Å². The predicted molar refractivity (Wildman–Crippen MR) is 102 cm³/mol. The molecule has 2 rings (SSSR count). The standard InChI is InChI=1S/C20H23FN2O2S/c1-3-23(20(25)14-26-18-10-4-15(2)5-11-18)13-19(24)22-12-16-6-8-17(21)9-7-16/h4-11H,3,12-14H2,1-2H3,(H,22,24). The highest BCUT2D eigenvalue weighted by Gasteiger charge is 2.15. The minimum Gasteiger partial charge on any atom is -0.350 e. The van der Waals surface area contributed by atoms with Gasteiger partial charge in [0.25, 0.3) is 0 Å². The lowest BCUT2D eigenvalue weighted by Crippen LogP contribution is -2.41. The number of likely N-dealkylation sites (N-methyl/N-ethyl adjacent to an activating group) is 1. The number of hydrogen-bond donors (Lipinski definition) is 1. The molecule has 0 aliphatic heterocycles. The molecule has 1 N–H and O–H groups in total. The molecule has 0 radical (unpaired) electrons. The van der Waals surface area contributed by atoms with Crippen LogP contribution in [0.15, 0.2) is 53.4 Å². The normalized spacial score (nSPS) is 10.4. The Balaban J connectivity index is 1.78. The van der Waals surface area contributed by atoms with Crippen LogP contribution in [0.2, 0.25) is 0 Å². The number of benzene rings is 2. The third kappa shape index (κ3) is 6.52. The fourth-order valence-electron chi connectivity index (χ4n) is 2.28. The van der Waals surface area contributed by atoms with E-state index < -0.39 is 0 Å². The quantitative estimate of drug-likeness (QED) is 0.721. The molecule has 6 heteroatoms. The van der Waals surface area contributed by atoms with E-state index in [9.17, 15) is 14.0 Å². The predicted octanol–water partition coefficient (Wildman–Crippen LogP) is 3.39. The van der Waals surface area contributed by atoms with E-state index in [1.807, 2.05) is 38.1 Å². The molecular formula is C20H23FN2O2S. The number of carbonyl (C=O) groups excluding carboxylic acids is 2. The Bertz CT molecular complexity index is 732. The van der Waals surface area contributed by atoms with Crippen LogP contribution in [0.5, 0.6) is 0 Å². The first kappa shape index (κ1) is 20.0. The van der Waals surface area contributed by atoms with E-state index in [0.29, 0.717) is 18.8 Å². The summed E-state index contributed by atoms with van der Waals surface area (Å²) in [7, 11) is 0.